The van der Waals surface area contributed by atoms with Gasteiger partial charge in [0, 0.05) is 0 Å². The van der Waals surface area contributed by atoms with Gasteiger partial charge in [-0.15, -0.1) is 0 Å². The minimum Gasteiger partial charge on any atom is -0.201 e. The lowest BCUT2D eigenvalue weighted by Crippen LogP contribution is -2.14. The van der Waals surface area contributed by atoms with Crippen LogP contribution >= 0.6 is 0 Å². The first kappa shape index (κ1) is 8.16. The van der Waals surface area contributed by atoms with Crippen LogP contribution in [0.2, 0.25) is 0 Å². The van der Waals surface area contributed by atoms with Crippen LogP contribution in [0.1, 0.15) is 0 Å². The summed E-state index contributed by atoms with van der Waals surface area (Å²) in [5, 5.41) is 0. The van der Waals surface area contributed by atoms with Crippen LogP contribution in [-0.2, 0) is 0 Å². The van der Waals surface area contributed by atoms with Crippen molar-refractivity contribution >= 4 is 0 Å². The molecule has 0 saturated carbocycles. The predicted octanol–water partition coefficient (Wildman–Crippen LogP) is 2.94. The number of allylic oxidation sites excluding steroid dienone is 4. The first-order chi connectivity index (χ1) is 4.89. The minimum atomic E-state index is -4.77. The van der Waals surface area contributed by atoms with E-state index in [0.29, 0.717) is 0 Å². The standard InChI is InChI=1S/C5F6/c6-1-2(7)4(9)5(10,11)3(1)8. The SMILES string of the molecule is FC1=C(F)C(F)(F)C(F)=C1F. The highest BCUT2D eigenvalue weighted by atomic mass is 19.3. The fourth-order valence-corrected chi connectivity index (χ4v) is 0.565. The Kier molecular flexibility index (Phi) is 1.50. The van der Waals surface area contributed by atoms with Crippen molar-refractivity contribution in [3.05, 3.63) is 23.3 Å². The fraction of sp³-hybridized carbons (Fsp3) is 0.200. The smallest absolute Gasteiger partial charge is 0.201 e. The van der Waals surface area contributed by atoms with Gasteiger partial charge >= 0.3 is 5.92 Å². The zero-order valence-electron chi connectivity index (χ0n) is 4.77. The lowest BCUT2D eigenvalue weighted by atomic mass is 10.3. The van der Waals surface area contributed by atoms with Crippen LogP contribution in [0.15, 0.2) is 23.3 Å². The highest BCUT2D eigenvalue weighted by molar-refractivity contribution is 5.41. The Labute approximate surface area is 56.8 Å². The van der Waals surface area contributed by atoms with E-state index >= 15 is 0 Å². The Bertz CT molecular complexity index is 234. The Morgan fingerprint density at radius 1 is 0.727 bits per heavy atom. The lowest BCUT2D eigenvalue weighted by Gasteiger charge is -2.04. The van der Waals surface area contributed by atoms with Gasteiger partial charge in [-0.2, -0.15) is 8.78 Å². The van der Waals surface area contributed by atoms with Crippen molar-refractivity contribution < 1.29 is 26.3 Å². The summed E-state index contributed by atoms with van der Waals surface area (Å²) >= 11 is 0. The Morgan fingerprint density at radius 2 is 1.00 bits per heavy atom. The third kappa shape index (κ3) is 0.849. The van der Waals surface area contributed by atoms with E-state index in [4.69, 9.17) is 0 Å². The predicted molar refractivity (Wildman–Crippen MR) is 23.4 cm³/mol. The van der Waals surface area contributed by atoms with Crippen LogP contribution in [0.4, 0.5) is 26.3 Å². The molecule has 0 spiro atoms. The number of hydrogen-bond acceptors (Lipinski definition) is 0. The van der Waals surface area contributed by atoms with Gasteiger partial charge in [-0.25, -0.2) is 17.6 Å². The summed E-state index contributed by atoms with van der Waals surface area (Å²) in [6.07, 6.45) is 0. The summed E-state index contributed by atoms with van der Waals surface area (Å²) in [7, 11) is 0. The molecule has 11 heavy (non-hydrogen) atoms. The molecule has 1 aliphatic rings. The summed E-state index contributed by atoms with van der Waals surface area (Å²) < 4.78 is 71.0. The normalized spacial score (nSPS) is 23.5. The number of hydrogen-bond donors (Lipinski definition) is 0. The molecule has 6 heteroatoms. The number of halogens is 6. The average Bonchev–Trinajstić information content (AvgIpc) is 2.06. The van der Waals surface area contributed by atoms with Crippen molar-refractivity contribution in [1.29, 1.82) is 0 Å². The van der Waals surface area contributed by atoms with E-state index in [0.717, 1.165) is 0 Å². The van der Waals surface area contributed by atoms with Crippen LogP contribution in [0.25, 0.3) is 0 Å². The number of rotatable bonds is 0. The first-order valence-electron chi connectivity index (χ1n) is 2.38. The van der Waals surface area contributed by atoms with Gasteiger partial charge in [0.2, 0.25) is 11.7 Å². The molecule has 0 radical (unpaired) electrons. The van der Waals surface area contributed by atoms with Crippen molar-refractivity contribution in [1.82, 2.24) is 0 Å². The van der Waals surface area contributed by atoms with Crippen LogP contribution < -0.4 is 0 Å². The summed E-state index contributed by atoms with van der Waals surface area (Å²) in [5.41, 5.74) is 0. The van der Waals surface area contributed by atoms with Crippen LogP contribution in [0, 0.1) is 0 Å². The van der Waals surface area contributed by atoms with E-state index in [1.807, 2.05) is 0 Å². The van der Waals surface area contributed by atoms with E-state index in [9.17, 15) is 26.3 Å². The molecule has 0 aliphatic heterocycles. The molecule has 0 nitrogen and oxygen atoms in total. The molecule has 0 aromatic heterocycles. The quantitative estimate of drug-likeness (QED) is 0.495. The Hall–Kier alpha value is -0.940. The Balaban J connectivity index is 3.27. The zero-order chi connectivity index (χ0) is 8.81. The molecule has 1 rings (SSSR count). The third-order valence-corrected chi connectivity index (χ3v) is 1.13. The second-order valence-corrected chi connectivity index (χ2v) is 1.83. The van der Waals surface area contributed by atoms with Gasteiger partial charge < -0.3 is 0 Å². The Morgan fingerprint density at radius 3 is 1.09 bits per heavy atom. The van der Waals surface area contributed by atoms with Crippen molar-refractivity contribution in [3.8, 4) is 0 Å². The average molecular weight is 174 g/mol. The van der Waals surface area contributed by atoms with Crippen molar-refractivity contribution in [3.63, 3.8) is 0 Å². The van der Waals surface area contributed by atoms with Crippen LogP contribution in [-0.4, -0.2) is 5.92 Å². The van der Waals surface area contributed by atoms with Crippen molar-refractivity contribution in [2.75, 3.05) is 0 Å². The monoisotopic (exact) mass is 174 g/mol. The largest absolute Gasteiger partial charge is 0.355 e. The van der Waals surface area contributed by atoms with Gasteiger partial charge in [0.1, 0.15) is 0 Å². The van der Waals surface area contributed by atoms with Crippen LogP contribution in [0.3, 0.4) is 0 Å². The van der Waals surface area contributed by atoms with E-state index in [2.05, 4.69) is 0 Å². The van der Waals surface area contributed by atoms with Crippen LogP contribution in [0.5, 0.6) is 0 Å². The highest BCUT2D eigenvalue weighted by Gasteiger charge is 2.52. The summed E-state index contributed by atoms with van der Waals surface area (Å²) in [5.74, 6) is -15.1. The molecule has 0 heterocycles. The lowest BCUT2D eigenvalue weighted by molar-refractivity contribution is 0.0362. The van der Waals surface area contributed by atoms with Gasteiger partial charge in [-0.3, -0.25) is 0 Å². The molecule has 0 amide bonds. The topological polar surface area (TPSA) is 0 Å². The van der Waals surface area contributed by atoms with E-state index in [1.165, 1.54) is 0 Å². The van der Waals surface area contributed by atoms with Crippen molar-refractivity contribution in [2.45, 2.75) is 5.92 Å². The molecule has 0 atom stereocenters. The molecule has 1 aliphatic carbocycles. The molecule has 0 aromatic carbocycles. The third-order valence-electron chi connectivity index (χ3n) is 1.13. The molecule has 62 valence electrons. The summed E-state index contributed by atoms with van der Waals surface area (Å²) in [6.45, 7) is 0. The molecular formula is C5F6. The molecule has 0 saturated heterocycles. The fourth-order valence-electron chi connectivity index (χ4n) is 0.565. The summed E-state index contributed by atoms with van der Waals surface area (Å²) in [6, 6.07) is 0. The minimum absolute atomic E-state index is 2.47. The molecule has 0 bridgehead atoms. The van der Waals surface area contributed by atoms with Gasteiger partial charge in [-0.1, -0.05) is 0 Å². The van der Waals surface area contributed by atoms with Gasteiger partial charge in [0.05, 0.1) is 0 Å². The second kappa shape index (κ2) is 2.02. The molecular weight excluding hydrogens is 174 g/mol. The van der Waals surface area contributed by atoms with E-state index in [1.54, 1.807) is 0 Å². The van der Waals surface area contributed by atoms with E-state index < -0.39 is 29.2 Å². The highest BCUT2D eigenvalue weighted by Crippen LogP contribution is 2.46. The molecule has 0 fully saturated rings. The van der Waals surface area contributed by atoms with Gasteiger partial charge in [0.25, 0.3) is 0 Å². The second-order valence-electron chi connectivity index (χ2n) is 1.83. The summed E-state index contributed by atoms with van der Waals surface area (Å²) in [4.78, 5) is 0. The number of alkyl halides is 2. The van der Waals surface area contributed by atoms with Gasteiger partial charge in [-0.05, 0) is 0 Å². The molecule has 0 N–H and O–H groups in total. The maximum atomic E-state index is 11.9. The molecule has 0 unspecified atom stereocenters. The molecule has 0 aromatic rings. The zero-order valence-corrected chi connectivity index (χ0v) is 4.77. The maximum Gasteiger partial charge on any atom is 0.355 e. The first-order valence-corrected chi connectivity index (χ1v) is 2.38. The van der Waals surface area contributed by atoms with Gasteiger partial charge in [0.15, 0.2) is 11.7 Å². The maximum absolute atomic E-state index is 11.9. The van der Waals surface area contributed by atoms with E-state index in [-0.39, 0.29) is 0 Å². The van der Waals surface area contributed by atoms with Crippen molar-refractivity contribution in [2.24, 2.45) is 0 Å².